The second kappa shape index (κ2) is 27.8. The van der Waals surface area contributed by atoms with Crippen molar-refractivity contribution >= 4 is 79.3 Å². The van der Waals surface area contributed by atoms with E-state index in [1.54, 1.807) is 90.9 Å². The maximum Gasteiger partial charge on any atom is 0.471 e. The Balaban J connectivity index is 0.000000192. The predicted octanol–water partition coefficient (Wildman–Crippen LogP) is 10.7. The Morgan fingerprint density at radius 2 is 1.15 bits per heavy atom. The molecule has 32 heteroatoms. The van der Waals surface area contributed by atoms with E-state index in [0.29, 0.717) is 55.9 Å². The second-order valence-corrected chi connectivity index (χ2v) is 17.4. The molecule has 3 N–H and O–H groups in total. The van der Waals surface area contributed by atoms with E-state index < -0.39 is 24.1 Å². The van der Waals surface area contributed by atoms with Crippen molar-refractivity contribution < 1.29 is 40.1 Å². The van der Waals surface area contributed by atoms with E-state index in [9.17, 15) is 26.3 Å². The zero-order valence-electron chi connectivity index (χ0n) is 39.6. The Labute approximate surface area is 442 Å². The summed E-state index contributed by atoms with van der Waals surface area (Å²) < 4.78 is 96.0. The zero-order valence-corrected chi connectivity index (χ0v) is 42.6. The van der Waals surface area contributed by atoms with Crippen molar-refractivity contribution in [3.05, 3.63) is 160 Å². The molecule has 0 aliphatic rings. The molecule has 0 fully saturated rings. The van der Waals surface area contributed by atoms with Gasteiger partial charge in [0.05, 0.1) is 52.0 Å². The Morgan fingerprint density at radius 1 is 0.613 bits per heavy atom. The summed E-state index contributed by atoms with van der Waals surface area (Å²) in [4.78, 5) is 35.1. The number of rotatable bonds is 9. The van der Waals surface area contributed by atoms with Gasteiger partial charge in [-0.3, -0.25) is 19.7 Å². The summed E-state index contributed by atoms with van der Waals surface area (Å²) in [5.41, 5.74) is 7.72. The highest BCUT2D eigenvalue weighted by molar-refractivity contribution is 9.08. The highest BCUT2D eigenvalue weighted by atomic mass is 79.9. The van der Waals surface area contributed by atoms with Crippen molar-refractivity contribution in [2.75, 3.05) is 16.0 Å². The molecule has 0 aliphatic carbocycles. The van der Waals surface area contributed by atoms with Crippen LogP contribution in [0.15, 0.2) is 125 Å². The molecule has 0 saturated carbocycles. The Kier molecular flexibility index (Phi) is 20.8. The van der Waals surface area contributed by atoms with E-state index >= 15 is 0 Å². The van der Waals surface area contributed by atoms with E-state index in [0.717, 1.165) is 26.8 Å². The summed E-state index contributed by atoms with van der Waals surface area (Å²) in [6, 6.07) is 17.7. The topological polar surface area (TPSA) is 274 Å². The molecule has 10 rings (SSSR count). The van der Waals surface area contributed by atoms with Crippen LogP contribution in [0.2, 0.25) is 5.15 Å². The van der Waals surface area contributed by atoms with Gasteiger partial charge in [0.2, 0.25) is 11.6 Å². The third-order valence-corrected chi connectivity index (χ3v) is 11.7. The Bertz CT molecular complexity index is 3210. The Morgan fingerprint density at radius 3 is 1.56 bits per heavy atom. The number of aryl methyl sites for hydroxylation is 3. The average molecular weight is 1160 g/mol. The van der Waals surface area contributed by atoms with Crippen LogP contribution in [0.1, 0.15) is 38.6 Å². The number of thiophene rings is 2. The number of nitrogens with one attached hydrogen (secondary N) is 1. The van der Waals surface area contributed by atoms with Crippen LogP contribution in [0.25, 0.3) is 21.4 Å². The van der Waals surface area contributed by atoms with Gasteiger partial charge < -0.3 is 25.0 Å². The number of aromatic nitrogens is 16. The second-order valence-electron chi connectivity index (χ2n) is 14.1. The molecule has 10 heterocycles. The van der Waals surface area contributed by atoms with Crippen LogP contribution in [-0.2, 0) is 24.2 Å². The molecule has 0 spiro atoms. The smallest absolute Gasteiger partial charge is 0.382 e. The van der Waals surface area contributed by atoms with Crippen LogP contribution >= 0.6 is 50.2 Å². The number of halogens is 9. The summed E-state index contributed by atoms with van der Waals surface area (Å²) in [5.74, 6) is 0.0443. The number of hydrogen-bond acceptors (Lipinski definition) is 23. The van der Waals surface area contributed by atoms with Gasteiger partial charge in [0.25, 0.3) is 1.45 Å². The zero-order chi connectivity index (χ0) is 55.1. The minimum atomic E-state index is -4.68. The van der Waals surface area contributed by atoms with E-state index in [4.69, 9.17) is 22.1 Å². The number of hydrogen-bond donors (Lipinski definition) is 2. The number of nitrogens with zero attached hydrogens (tertiary/aromatic N) is 17. The fraction of sp³-hybridized carbons (Fsp3) is 0.163. The van der Waals surface area contributed by atoms with Crippen LogP contribution in [-0.4, -0.2) is 82.2 Å². The highest BCUT2D eigenvalue weighted by Crippen LogP contribution is 2.34. The summed E-state index contributed by atoms with van der Waals surface area (Å²) in [6.45, 7) is 5.93. The molecule has 0 radical (unpaired) electrons. The summed E-state index contributed by atoms with van der Waals surface area (Å²) in [5, 5.41) is 34.2. The van der Waals surface area contributed by atoms with Crippen molar-refractivity contribution in [1.82, 2.24) is 80.8 Å². The van der Waals surface area contributed by atoms with Crippen LogP contribution in [0.3, 0.4) is 0 Å². The van der Waals surface area contributed by atoms with Gasteiger partial charge in [-0.1, -0.05) is 37.8 Å². The predicted molar refractivity (Wildman–Crippen MR) is 265 cm³/mol. The van der Waals surface area contributed by atoms with E-state index in [1.807, 2.05) is 45.0 Å². The first-order valence-electron chi connectivity index (χ1n) is 21.0. The van der Waals surface area contributed by atoms with Crippen LogP contribution < -0.4 is 16.0 Å². The third kappa shape index (κ3) is 18.7. The lowest BCUT2D eigenvalue weighted by Gasteiger charge is -2.21. The molecule has 10 aromatic rings. The molecule has 390 valence electrons. The number of alkyl halides is 7. The van der Waals surface area contributed by atoms with Crippen LogP contribution in [0, 0.1) is 20.8 Å². The molecule has 75 heavy (non-hydrogen) atoms. The number of nitrogens with two attached hydrogens (primary N) is 1. The van der Waals surface area contributed by atoms with Crippen LogP contribution in [0.4, 0.5) is 60.1 Å². The molecular formula is C43H36BrClF7N19O2S2. The highest BCUT2D eigenvalue weighted by Gasteiger charge is 2.39. The van der Waals surface area contributed by atoms with Gasteiger partial charge in [0.15, 0.2) is 22.6 Å². The average Bonchev–Trinajstić information content (AvgIpc) is 4.28. The summed E-state index contributed by atoms with van der Waals surface area (Å²) in [7, 11) is 0. The van der Waals surface area contributed by atoms with Crippen molar-refractivity contribution in [2.45, 2.75) is 45.0 Å². The fourth-order valence-electron chi connectivity index (χ4n) is 5.09. The first kappa shape index (κ1) is 56.1. The van der Waals surface area contributed by atoms with Gasteiger partial charge >= 0.3 is 24.1 Å². The molecule has 0 amide bonds. The molecule has 0 atom stereocenters. The number of anilines is 5. The monoisotopic (exact) mass is 1160 g/mol. The summed E-state index contributed by atoms with van der Waals surface area (Å²) >= 11 is 11.2. The third-order valence-electron chi connectivity index (χ3n) is 8.40. The van der Waals surface area contributed by atoms with Gasteiger partial charge in [0, 0.05) is 52.3 Å². The van der Waals surface area contributed by atoms with Crippen molar-refractivity contribution in [1.29, 1.82) is 1.45 Å². The maximum atomic E-state index is 12.7. The van der Waals surface area contributed by atoms with Gasteiger partial charge in [-0.2, -0.15) is 51.6 Å². The molecule has 0 aromatic carbocycles. The van der Waals surface area contributed by atoms with E-state index in [2.05, 4.69) is 113 Å². The normalized spacial score (nSPS) is 10.7. The van der Waals surface area contributed by atoms with Crippen molar-refractivity contribution in [3.63, 3.8) is 0 Å². The van der Waals surface area contributed by atoms with E-state index in [1.165, 1.54) is 28.9 Å². The SMILES string of the molecule is Cc1ccc(Cl)nn1.Cc1ccc(N(Cc2ccc(-c3noc(C(F)(F)F)n3)s2)c2cnccn2)nn1.Cc1ccc(Nc2cnccn2)nn1.FC(F)(F)c1nc(-c2ccc(CBr)s2)no1.Nc1cnccn1.[2H]F. The van der Waals surface area contributed by atoms with Gasteiger partial charge in [-0.25, -0.2) is 15.0 Å². The lowest BCUT2D eigenvalue weighted by molar-refractivity contribution is -0.160. The molecule has 0 saturated heterocycles. The largest absolute Gasteiger partial charge is 0.471 e. The molecular weight excluding hydrogens is 1130 g/mol. The fourth-order valence-corrected chi connectivity index (χ4v) is 7.42. The maximum absolute atomic E-state index is 12.7. The standard InChI is InChI=1S/C17H12F3N7OS.C9H9N5.C8H4BrF3N2OS.C5H5ClN2.C4H5N3.FH/c1-10-2-5-13(25-24-10)27(14-8-21-6-7-22-14)9-11-3-4-12(29-11)15-23-16(28-26-15)17(18,19)20;1-7-2-3-8(14-13-7)12-9-6-10-4-5-11-9;9-3-4-1-2-5(16-4)6-13-7(15-14-6)8(10,11)12;1-4-2-3-5(6)8-7-4;5-4-3-6-1-2-7-4;/h2-8H,9H2,1H3;2-6H,1H3,(H,11,12,14);1-2H,3H2;2-3H,1H3;1-3H,(H2,5,7);1H/i/hD. The van der Waals surface area contributed by atoms with Crippen LogP contribution in [0.5, 0.6) is 0 Å². The molecule has 10 aromatic heterocycles. The molecule has 0 aliphatic heterocycles. The van der Waals surface area contributed by atoms with E-state index in [-0.39, 0.29) is 11.6 Å². The van der Waals surface area contributed by atoms with Gasteiger partial charge in [0.1, 0.15) is 11.6 Å². The van der Waals surface area contributed by atoms with Gasteiger partial charge in [-0.05, 0) is 81.4 Å². The lowest BCUT2D eigenvalue weighted by Crippen LogP contribution is -2.19. The quantitative estimate of drug-likeness (QED) is 0.100. The first-order chi connectivity index (χ1) is 36.4. The molecule has 0 unspecified atom stereocenters. The minimum Gasteiger partial charge on any atom is -0.382 e. The first-order valence-corrected chi connectivity index (χ1v) is 23.8. The minimum absolute atomic E-state index is 0.0375. The lowest BCUT2D eigenvalue weighted by atomic mass is 10.3. The molecule has 21 nitrogen and oxygen atoms in total. The number of nitrogen functional groups attached to an aromatic ring is 1. The van der Waals surface area contributed by atoms with Crippen molar-refractivity contribution in [2.24, 2.45) is 0 Å². The van der Waals surface area contributed by atoms with Gasteiger partial charge in [-0.15, -0.1) is 38.0 Å². The molecule has 0 bridgehead atoms. The summed E-state index contributed by atoms with van der Waals surface area (Å²) in [6.07, 6.45) is 4.91. The Hall–Kier alpha value is -8.16. The van der Waals surface area contributed by atoms with Crippen molar-refractivity contribution in [3.8, 4) is 21.4 Å².